The minimum atomic E-state index is -0.403. The van der Waals surface area contributed by atoms with Crippen molar-refractivity contribution < 1.29 is 0 Å². The van der Waals surface area contributed by atoms with Crippen molar-refractivity contribution in [1.82, 2.24) is 0 Å². The van der Waals surface area contributed by atoms with Crippen molar-refractivity contribution in [3.63, 3.8) is 0 Å². The Balaban J connectivity index is 2.44. The summed E-state index contributed by atoms with van der Waals surface area (Å²) in [5, 5.41) is 0. The molecule has 0 aliphatic carbocycles. The molecule has 0 saturated heterocycles. The molecule has 0 atom stereocenters. The minimum Gasteiger partial charge on any atom is -0.0991 e. The number of rotatable bonds is 7. The van der Waals surface area contributed by atoms with Crippen LogP contribution in [-0.2, 0) is 5.41 Å². The van der Waals surface area contributed by atoms with E-state index in [1.54, 1.807) is 0 Å². The minimum absolute atomic E-state index is 0.403. The van der Waals surface area contributed by atoms with Gasteiger partial charge in [0.2, 0.25) is 0 Å². The Kier molecular flexibility index (Phi) is 6.83. The zero-order chi connectivity index (χ0) is 19.0. The lowest BCUT2D eigenvalue weighted by Crippen LogP contribution is -2.31. The fourth-order valence-electron chi connectivity index (χ4n) is 3.67. The molecule has 0 amide bonds. The van der Waals surface area contributed by atoms with E-state index in [1.165, 1.54) is 22.3 Å². The Morgan fingerprint density at radius 1 is 0.741 bits per heavy atom. The maximum absolute atomic E-state index is 3.99. The fraction of sp³-hybridized carbons (Fsp3) is 0.0769. The van der Waals surface area contributed by atoms with Gasteiger partial charge in [0.1, 0.15) is 0 Å². The molecule has 0 nitrogen and oxygen atoms in total. The van der Waals surface area contributed by atoms with Gasteiger partial charge in [-0.2, -0.15) is 0 Å². The predicted octanol–water partition coefficient (Wildman–Crippen LogP) is 7.12. The molecule has 3 aromatic carbocycles. The number of hydrogen-bond donors (Lipinski definition) is 0. The van der Waals surface area contributed by atoms with Crippen molar-refractivity contribution in [3.05, 3.63) is 144 Å². The van der Waals surface area contributed by atoms with Gasteiger partial charge < -0.3 is 0 Å². The summed E-state index contributed by atoms with van der Waals surface area (Å²) in [6.07, 6.45) is 8.47. The van der Waals surface area contributed by atoms with Crippen molar-refractivity contribution in [2.24, 2.45) is 0 Å². The molecule has 1 heteroatoms. The molecule has 0 N–H and O–H groups in total. The van der Waals surface area contributed by atoms with Gasteiger partial charge >= 0.3 is 0 Å². The molecule has 0 spiro atoms. The molecule has 0 aromatic heterocycles. The standard InChI is InChI=1S/C26H23I/c1-2-13-22(20-12-21-27)26(23-14-6-3-7-15-23,24-16-8-4-9-17-24)25-18-10-5-11-19-25/h2-20H,1,21H2/b20-12-,22-13+. The van der Waals surface area contributed by atoms with Gasteiger partial charge in [0, 0.05) is 4.43 Å². The smallest absolute Gasteiger partial charge is 0.0701 e. The Morgan fingerprint density at radius 3 is 1.48 bits per heavy atom. The van der Waals surface area contributed by atoms with Gasteiger partial charge in [0.05, 0.1) is 5.41 Å². The Bertz CT molecular complexity index is 810. The van der Waals surface area contributed by atoms with Crippen LogP contribution in [0.15, 0.2) is 127 Å². The van der Waals surface area contributed by atoms with Crippen LogP contribution in [0.3, 0.4) is 0 Å². The van der Waals surface area contributed by atoms with Gasteiger partial charge in [-0.25, -0.2) is 0 Å². The van der Waals surface area contributed by atoms with Crippen LogP contribution in [0.5, 0.6) is 0 Å². The molecule has 0 aliphatic heterocycles. The second-order valence-electron chi connectivity index (χ2n) is 6.26. The number of hydrogen-bond acceptors (Lipinski definition) is 0. The van der Waals surface area contributed by atoms with Crippen LogP contribution >= 0.6 is 22.6 Å². The van der Waals surface area contributed by atoms with E-state index in [0.717, 1.165) is 4.43 Å². The van der Waals surface area contributed by atoms with Crippen LogP contribution in [0.2, 0.25) is 0 Å². The van der Waals surface area contributed by atoms with Crippen molar-refractivity contribution in [2.45, 2.75) is 5.41 Å². The SMILES string of the molecule is C=C/C=C(\C=C/CI)C(c1ccccc1)(c1ccccc1)c1ccccc1. The Hall–Kier alpha value is -2.39. The summed E-state index contributed by atoms with van der Waals surface area (Å²) in [6.45, 7) is 3.99. The molecule has 0 bridgehead atoms. The lowest BCUT2D eigenvalue weighted by Gasteiger charge is -2.37. The quantitative estimate of drug-likeness (QED) is 0.152. The van der Waals surface area contributed by atoms with Crippen molar-refractivity contribution in [2.75, 3.05) is 4.43 Å². The van der Waals surface area contributed by atoms with Gasteiger partial charge in [-0.15, -0.1) is 0 Å². The second kappa shape index (κ2) is 9.52. The van der Waals surface area contributed by atoms with Gasteiger partial charge in [-0.3, -0.25) is 0 Å². The van der Waals surface area contributed by atoms with Crippen molar-refractivity contribution in [3.8, 4) is 0 Å². The molecule has 134 valence electrons. The molecule has 0 radical (unpaired) electrons. The first-order valence-electron chi connectivity index (χ1n) is 9.06. The maximum Gasteiger partial charge on any atom is 0.0701 e. The average Bonchev–Trinajstić information content (AvgIpc) is 2.75. The lowest BCUT2D eigenvalue weighted by molar-refractivity contribution is 0.743. The van der Waals surface area contributed by atoms with E-state index in [1.807, 2.05) is 6.08 Å². The summed E-state index contributed by atoms with van der Waals surface area (Å²) in [5.74, 6) is 0. The van der Waals surface area contributed by atoms with Gasteiger partial charge in [0.15, 0.2) is 0 Å². The third kappa shape index (κ3) is 3.98. The largest absolute Gasteiger partial charge is 0.0991 e. The molecule has 27 heavy (non-hydrogen) atoms. The summed E-state index contributed by atoms with van der Waals surface area (Å²) in [7, 11) is 0. The predicted molar refractivity (Wildman–Crippen MR) is 126 cm³/mol. The van der Waals surface area contributed by atoms with E-state index in [2.05, 4.69) is 138 Å². The normalized spacial score (nSPS) is 12.3. The molecule has 3 rings (SSSR count). The lowest BCUT2D eigenvalue weighted by atomic mass is 9.64. The second-order valence-corrected chi connectivity index (χ2v) is 7.14. The van der Waals surface area contributed by atoms with Crippen LogP contribution in [0, 0.1) is 0 Å². The van der Waals surface area contributed by atoms with Crippen LogP contribution in [0.4, 0.5) is 0 Å². The summed E-state index contributed by atoms with van der Waals surface area (Å²) in [4.78, 5) is 0. The third-order valence-electron chi connectivity index (χ3n) is 4.74. The number of halogens is 1. The monoisotopic (exact) mass is 462 g/mol. The highest BCUT2D eigenvalue weighted by atomic mass is 127. The van der Waals surface area contributed by atoms with Crippen molar-refractivity contribution in [1.29, 1.82) is 0 Å². The number of benzene rings is 3. The Morgan fingerprint density at radius 2 is 1.15 bits per heavy atom. The molecule has 0 fully saturated rings. The highest BCUT2D eigenvalue weighted by Gasteiger charge is 2.38. The highest BCUT2D eigenvalue weighted by molar-refractivity contribution is 14.1. The maximum atomic E-state index is 3.99. The van der Waals surface area contributed by atoms with Gasteiger partial charge in [-0.1, -0.05) is 144 Å². The van der Waals surface area contributed by atoms with E-state index in [0.29, 0.717) is 0 Å². The Labute approximate surface area is 176 Å². The zero-order valence-electron chi connectivity index (χ0n) is 15.3. The fourth-order valence-corrected chi connectivity index (χ4v) is 3.92. The molecule has 0 saturated carbocycles. The van der Waals surface area contributed by atoms with Crippen LogP contribution in [-0.4, -0.2) is 4.43 Å². The molecule has 0 aliphatic rings. The van der Waals surface area contributed by atoms with Crippen LogP contribution < -0.4 is 0 Å². The van der Waals surface area contributed by atoms with Gasteiger partial charge in [-0.05, 0) is 22.3 Å². The first kappa shape index (κ1) is 19.4. The molecular weight excluding hydrogens is 439 g/mol. The number of allylic oxidation sites excluding steroid dienone is 5. The average molecular weight is 462 g/mol. The molecule has 3 aromatic rings. The molecule has 0 unspecified atom stereocenters. The van der Waals surface area contributed by atoms with Crippen LogP contribution in [0.25, 0.3) is 0 Å². The first-order valence-corrected chi connectivity index (χ1v) is 10.6. The number of alkyl halides is 1. The highest BCUT2D eigenvalue weighted by Crippen LogP contribution is 2.45. The summed E-state index contributed by atoms with van der Waals surface area (Å²) in [5.41, 5.74) is 4.54. The van der Waals surface area contributed by atoms with E-state index >= 15 is 0 Å². The van der Waals surface area contributed by atoms with Gasteiger partial charge in [0.25, 0.3) is 0 Å². The molecular formula is C26H23I. The van der Waals surface area contributed by atoms with E-state index in [9.17, 15) is 0 Å². The van der Waals surface area contributed by atoms with Crippen LogP contribution in [0.1, 0.15) is 16.7 Å². The topological polar surface area (TPSA) is 0 Å². The third-order valence-corrected chi connectivity index (χ3v) is 5.25. The van der Waals surface area contributed by atoms with E-state index < -0.39 is 5.41 Å². The zero-order valence-corrected chi connectivity index (χ0v) is 17.4. The summed E-state index contributed by atoms with van der Waals surface area (Å²) >= 11 is 2.38. The summed E-state index contributed by atoms with van der Waals surface area (Å²) in [6, 6.07) is 32.2. The first-order chi connectivity index (χ1) is 13.3. The van der Waals surface area contributed by atoms with E-state index in [-0.39, 0.29) is 0 Å². The van der Waals surface area contributed by atoms with E-state index in [4.69, 9.17) is 0 Å². The summed E-state index contributed by atoms with van der Waals surface area (Å²) < 4.78 is 0.959. The van der Waals surface area contributed by atoms with Crippen molar-refractivity contribution >= 4 is 22.6 Å². The molecule has 0 heterocycles.